The summed E-state index contributed by atoms with van der Waals surface area (Å²) >= 11 is 0. The van der Waals surface area contributed by atoms with E-state index in [1.54, 1.807) is 6.92 Å². The minimum atomic E-state index is -3.50. The van der Waals surface area contributed by atoms with Crippen LogP contribution < -0.4 is 0 Å². The predicted molar refractivity (Wildman–Crippen MR) is 82.1 cm³/mol. The van der Waals surface area contributed by atoms with Crippen LogP contribution in [-0.4, -0.2) is 37.6 Å². The van der Waals surface area contributed by atoms with Gasteiger partial charge in [0.15, 0.2) is 0 Å². The molecule has 0 amide bonds. The molecule has 0 heterocycles. The maximum Gasteiger partial charge on any atom is 0.321 e. The minimum absolute atomic E-state index is 0.00420. The fourth-order valence-electron chi connectivity index (χ4n) is 1.92. The third kappa shape index (κ3) is 6.27. The molecule has 0 aliphatic heterocycles. The molecular formula is C15H23NO4S. The van der Waals surface area contributed by atoms with Gasteiger partial charge in [0.2, 0.25) is 10.0 Å². The van der Waals surface area contributed by atoms with Crippen LogP contribution in [0.4, 0.5) is 0 Å². The van der Waals surface area contributed by atoms with Crippen LogP contribution in [0.15, 0.2) is 30.3 Å². The Morgan fingerprint density at radius 1 is 1.24 bits per heavy atom. The van der Waals surface area contributed by atoms with Gasteiger partial charge in [0.05, 0.1) is 12.4 Å². The summed E-state index contributed by atoms with van der Waals surface area (Å²) < 4.78 is 30.9. The van der Waals surface area contributed by atoms with Crippen LogP contribution in [0.1, 0.15) is 26.3 Å². The minimum Gasteiger partial charge on any atom is -0.465 e. The molecule has 1 aromatic rings. The lowest BCUT2D eigenvalue weighted by Crippen LogP contribution is -2.38. The molecule has 6 heteroatoms. The Balaban J connectivity index is 2.91. The van der Waals surface area contributed by atoms with Crippen molar-refractivity contribution < 1.29 is 17.9 Å². The number of nitrogens with zero attached hydrogens (tertiary/aromatic N) is 1. The molecule has 5 nitrogen and oxygen atoms in total. The van der Waals surface area contributed by atoms with Crippen LogP contribution in [0.2, 0.25) is 0 Å². The number of hydrogen-bond donors (Lipinski definition) is 0. The Hall–Kier alpha value is -1.40. The molecule has 0 N–H and O–H groups in total. The average molecular weight is 313 g/mol. The first-order valence-corrected chi connectivity index (χ1v) is 8.63. The molecule has 0 atom stereocenters. The number of esters is 1. The third-order valence-corrected chi connectivity index (χ3v) is 4.88. The van der Waals surface area contributed by atoms with Crippen LogP contribution in [0.5, 0.6) is 0 Å². The number of carbonyl (C=O) groups is 1. The second kappa shape index (κ2) is 8.14. The smallest absolute Gasteiger partial charge is 0.321 e. The van der Waals surface area contributed by atoms with E-state index in [9.17, 15) is 13.2 Å². The van der Waals surface area contributed by atoms with Crippen molar-refractivity contribution in [1.29, 1.82) is 0 Å². The Kier molecular flexibility index (Phi) is 6.84. The lowest BCUT2D eigenvalue weighted by Gasteiger charge is -2.22. The summed E-state index contributed by atoms with van der Waals surface area (Å²) in [7, 11) is -3.50. The zero-order valence-corrected chi connectivity index (χ0v) is 13.6. The standard InChI is InChI=1S/C15H23NO4S/c1-4-20-15(17)11-16(21(18,19)12-13(2)3)10-14-8-6-5-7-9-14/h5-9,13H,4,10-12H2,1-3H3. The van der Waals surface area contributed by atoms with Crippen molar-refractivity contribution >= 4 is 16.0 Å². The molecule has 0 aliphatic rings. The van der Waals surface area contributed by atoms with E-state index in [1.807, 2.05) is 44.2 Å². The molecule has 0 bridgehead atoms. The van der Waals surface area contributed by atoms with Gasteiger partial charge in [-0.2, -0.15) is 4.31 Å². The fourth-order valence-corrected chi connectivity index (χ4v) is 3.62. The van der Waals surface area contributed by atoms with Crippen LogP contribution in [-0.2, 0) is 26.1 Å². The van der Waals surface area contributed by atoms with Gasteiger partial charge >= 0.3 is 5.97 Å². The summed E-state index contributed by atoms with van der Waals surface area (Å²) in [5.74, 6) is -0.518. The van der Waals surface area contributed by atoms with Crippen molar-refractivity contribution in [3.63, 3.8) is 0 Å². The summed E-state index contributed by atoms with van der Waals surface area (Å²) in [6.45, 7) is 5.53. The summed E-state index contributed by atoms with van der Waals surface area (Å²) in [5.41, 5.74) is 0.842. The average Bonchev–Trinajstić information content (AvgIpc) is 2.38. The molecule has 21 heavy (non-hydrogen) atoms. The van der Waals surface area contributed by atoms with Gasteiger partial charge in [0, 0.05) is 6.54 Å². The van der Waals surface area contributed by atoms with Crippen molar-refractivity contribution in [3.05, 3.63) is 35.9 Å². The van der Waals surface area contributed by atoms with Gasteiger partial charge < -0.3 is 4.74 Å². The molecule has 1 rings (SSSR count). The van der Waals surface area contributed by atoms with Crippen LogP contribution >= 0.6 is 0 Å². The zero-order valence-electron chi connectivity index (χ0n) is 12.8. The molecule has 1 aromatic carbocycles. The second-order valence-electron chi connectivity index (χ2n) is 5.23. The number of benzene rings is 1. The Morgan fingerprint density at radius 2 is 1.86 bits per heavy atom. The molecule has 0 aliphatic carbocycles. The van der Waals surface area contributed by atoms with Crippen LogP contribution in [0, 0.1) is 5.92 Å². The summed E-state index contributed by atoms with van der Waals surface area (Å²) in [6.07, 6.45) is 0. The van der Waals surface area contributed by atoms with Gasteiger partial charge in [0.1, 0.15) is 6.54 Å². The molecule has 118 valence electrons. The maximum absolute atomic E-state index is 12.4. The van der Waals surface area contributed by atoms with E-state index in [0.717, 1.165) is 5.56 Å². The Labute approximate surface area is 127 Å². The molecular weight excluding hydrogens is 290 g/mol. The van der Waals surface area contributed by atoms with E-state index < -0.39 is 16.0 Å². The quantitative estimate of drug-likeness (QED) is 0.689. The zero-order chi connectivity index (χ0) is 15.9. The van der Waals surface area contributed by atoms with E-state index in [1.165, 1.54) is 4.31 Å². The number of hydrogen-bond acceptors (Lipinski definition) is 4. The molecule has 0 saturated heterocycles. The normalized spacial score (nSPS) is 11.9. The predicted octanol–water partition coefficient (Wildman–Crippen LogP) is 2.04. The van der Waals surface area contributed by atoms with E-state index in [-0.39, 0.29) is 31.4 Å². The van der Waals surface area contributed by atoms with E-state index in [0.29, 0.717) is 0 Å². The van der Waals surface area contributed by atoms with Crippen LogP contribution in [0.25, 0.3) is 0 Å². The lowest BCUT2D eigenvalue weighted by molar-refractivity contribution is -0.143. The summed E-state index contributed by atoms with van der Waals surface area (Å²) in [6, 6.07) is 9.22. The highest BCUT2D eigenvalue weighted by atomic mass is 32.2. The molecule has 0 unspecified atom stereocenters. The maximum atomic E-state index is 12.4. The van der Waals surface area contributed by atoms with E-state index >= 15 is 0 Å². The highest BCUT2D eigenvalue weighted by Crippen LogP contribution is 2.12. The van der Waals surface area contributed by atoms with E-state index in [4.69, 9.17) is 4.74 Å². The SMILES string of the molecule is CCOC(=O)CN(Cc1ccccc1)S(=O)(=O)CC(C)C. The first kappa shape index (κ1) is 17.7. The topological polar surface area (TPSA) is 63.7 Å². The monoisotopic (exact) mass is 313 g/mol. The van der Waals surface area contributed by atoms with Crippen molar-refractivity contribution in [1.82, 2.24) is 4.31 Å². The summed E-state index contributed by atoms with van der Waals surface area (Å²) in [5, 5.41) is 0. The van der Waals surface area contributed by atoms with Crippen molar-refractivity contribution in [3.8, 4) is 0 Å². The highest BCUT2D eigenvalue weighted by Gasteiger charge is 2.26. The second-order valence-corrected chi connectivity index (χ2v) is 7.24. The number of carbonyl (C=O) groups excluding carboxylic acids is 1. The van der Waals surface area contributed by atoms with E-state index in [2.05, 4.69) is 0 Å². The molecule has 0 fully saturated rings. The molecule has 0 saturated carbocycles. The van der Waals surface area contributed by atoms with Crippen LogP contribution in [0.3, 0.4) is 0 Å². The van der Waals surface area contributed by atoms with Gasteiger partial charge in [-0.25, -0.2) is 8.42 Å². The van der Waals surface area contributed by atoms with Gasteiger partial charge in [-0.3, -0.25) is 4.79 Å². The summed E-state index contributed by atoms with van der Waals surface area (Å²) in [4.78, 5) is 11.6. The molecule has 0 aromatic heterocycles. The largest absolute Gasteiger partial charge is 0.465 e. The Morgan fingerprint density at radius 3 is 2.38 bits per heavy atom. The number of ether oxygens (including phenoxy) is 1. The molecule has 0 radical (unpaired) electrons. The first-order valence-electron chi connectivity index (χ1n) is 7.02. The van der Waals surface area contributed by atoms with Crippen molar-refractivity contribution in [2.75, 3.05) is 18.9 Å². The van der Waals surface area contributed by atoms with Gasteiger partial charge in [-0.15, -0.1) is 0 Å². The fraction of sp³-hybridized carbons (Fsp3) is 0.533. The van der Waals surface area contributed by atoms with Crippen molar-refractivity contribution in [2.24, 2.45) is 5.92 Å². The number of sulfonamides is 1. The lowest BCUT2D eigenvalue weighted by atomic mass is 10.2. The first-order chi connectivity index (χ1) is 9.85. The number of rotatable bonds is 8. The Bertz CT molecular complexity index is 540. The van der Waals surface area contributed by atoms with Gasteiger partial charge in [-0.1, -0.05) is 44.2 Å². The highest BCUT2D eigenvalue weighted by molar-refractivity contribution is 7.89. The van der Waals surface area contributed by atoms with Crippen molar-refractivity contribution in [2.45, 2.75) is 27.3 Å². The molecule has 0 spiro atoms. The third-order valence-electron chi connectivity index (χ3n) is 2.75. The van der Waals surface area contributed by atoms with Gasteiger partial charge in [0.25, 0.3) is 0 Å². The van der Waals surface area contributed by atoms with Gasteiger partial charge in [-0.05, 0) is 18.4 Å².